The van der Waals surface area contributed by atoms with Gasteiger partial charge < -0.3 is 5.11 Å². The third-order valence-corrected chi connectivity index (χ3v) is 1.74. The molecular formula is C4H7NO3S. The maximum absolute atomic E-state index is 10.2. The summed E-state index contributed by atoms with van der Waals surface area (Å²) in [7, 11) is 0. The highest BCUT2D eigenvalue weighted by atomic mass is 32.2. The van der Waals surface area contributed by atoms with E-state index < -0.39 is 6.09 Å². The SMILES string of the molecule is O=C(O)N1CCCOS1. The van der Waals surface area contributed by atoms with E-state index in [9.17, 15) is 4.79 Å². The van der Waals surface area contributed by atoms with E-state index in [1.807, 2.05) is 0 Å². The van der Waals surface area contributed by atoms with Crippen LogP contribution in [0.3, 0.4) is 0 Å². The fourth-order valence-electron chi connectivity index (χ4n) is 0.533. The van der Waals surface area contributed by atoms with Gasteiger partial charge in [-0.25, -0.2) is 9.10 Å². The first-order valence-corrected chi connectivity index (χ1v) is 3.30. The van der Waals surface area contributed by atoms with Crippen molar-refractivity contribution in [3.8, 4) is 0 Å². The summed E-state index contributed by atoms with van der Waals surface area (Å²) in [6, 6.07) is 0. The number of nitrogens with zero attached hydrogens (tertiary/aromatic N) is 1. The molecule has 0 aromatic heterocycles. The predicted molar refractivity (Wildman–Crippen MR) is 32.9 cm³/mol. The maximum atomic E-state index is 10.2. The molecule has 0 radical (unpaired) electrons. The van der Waals surface area contributed by atoms with Gasteiger partial charge in [0.2, 0.25) is 0 Å². The second-order valence-corrected chi connectivity index (χ2v) is 2.46. The molecule has 1 N–H and O–H groups in total. The summed E-state index contributed by atoms with van der Waals surface area (Å²) in [5.74, 6) is 0. The van der Waals surface area contributed by atoms with E-state index in [0.29, 0.717) is 13.2 Å². The van der Waals surface area contributed by atoms with E-state index >= 15 is 0 Å². The zero-order valence-electron chi connectivity index (χ0n) is 4.74. The van der Waals surface area contributed by atoms with E-state index in [1.165, 1.54) is 4.31 Å². The van der Waals surface area contributed by atoms with Crippen molar-refractivity contribution in [2.75, 3.05) is 13.2 Å². The Hall–Kier alpha value is -0.420. The average molecular weight is 149 g/mol. The van der Waals surface area contributed by atoms with Crippen molar-refractivity contribution in [3.63, 3.8) is 0 Å². The fraction of sp³-hybridized carbons (Fsp3) is 0.750. The molecule has 0 bridgehead atoms. The fourth-order valence-corrected chi connectivity index (χ4v) is 1.12. The van der Waals surface area contributed by atoms with Crippen LogP contribution in [-0.2, 0) is 4.18 Å². The topological polar surface area (TPSA) is 49.8 Å². The second-order valence-electron chi connectivity index (χ2n) is 1.63. The van der Waals surface area contributed by atoms with Gasteiger partial charge in [0.05, 0.1) is 6.61 Å². The van der Waals surface area contributed by atoms with Crippen molar-refractivity contribution in [1.29, 1.82) is 0 Å². The van der Waals surface area contributed by atoms with Gasteiger partial charge in [-0.1, -0.05) is 0 Å². The summed E-state index contributed by atoms with van der Waals surface area (Å²) in [6.45, 7) is 1.22. The highest BCUT2D eigenvalue weighted by molar-refractivity contribution is 7.92. The van der Waals surface area contributed by atoms with Gasteiger partial charge in [-0.3, -0.25) is 4.18 Å². The highest BCUT2D eigenvalue weighted by Gasteiger charge is 2.16. The molecule has 1 rings (SSSR count). The molecule has 1 heterocycles. The molecule has 4 nitrogen and oxygen atoms in total. The summed E-state index contributed by atoms with van der Waals surface area (Å²) >= 11 is 0.905. The van der Waals surface area contributed by atoms with Gasteiger partial charge >= 0.3 is 6.09 Å². The molecule has 0 unspecified atom stereocenters. The number of carboxylic acid groups (broad SMARTS) is 1. The lowest BCUT2D eigenvalue weighted by molar-refractivity contribution is 0.164. The van der Waals surface area contributed by atoms with Gasteiger partial charge in [0, 0.05) is 6.54 Å². The van der Waals surface area contributed by atoms with Crippen molar-refractivity contribution in [2.45, 2.75) is 6.42 Å². The highest BCUT2D eigenvalue weighted by Crippen LogP contribution is 2.17. The predicted octanol–water partition coefficient (Wildman–Crippen LogP) is 0.950. The Labute approximate surface area is 57.1 Å². The molecule has 9 heavy (non-hydrogen) atoms. The molecule has 0 aromatic rings. The van der Waals surface area contributed by atoms with Crippen molar-refractivity contribution >= 4 is 18.3 Å². The van der Waals surface area contributed by atoms with Crippen LogP contribution in [0.25, 0.3) is 0 Å². The summed E-state index contributed by atoms with van der Waals surface area (Å²) in [4.78, 5) is 10.2. The molecule has 0 aliphatic carbocycles. The lowest BCUT2D eigenvalue weighted by Gasteiger charge is -2.20. The minimum absolute atomic E-state index is 0.569. The van der Waals surface area contributed by atoms with Gasteiger partial charge in [-0.15, -0.1) is 0 Å². The minimum Gasteiger partial charge on any atom is -0.464 e. The average Bonchev–Trinajstić information content (AvgIpc) is 1.90. The molecule has 0 spiro atoms. The lowest BCUT2D eigenvalue weighted by atomic mass is 10.4. The van der Waals surface area contributed by atoms with Crippen LogP contribution in [0.1, 0.15) is 6.42 Å². The van der Waals surface area contributed by atoms with Gasteiger partial charge in [0.15, 0.2) is 0 Å². The van der Waals surface area contributed by atoms with Gasteiger partial charge in [-0.05, 0) is 6.42 Å². The van der Waals surface area contributed by atoms with Crippen molar-refractivity contribution in [3.05, 3.63) is 0 Å². The number of rotatable bonds is 0. The summed E-state index contributed by atoms with van der Waals surface area (Å²) in [5.41, 5.74) is 0. The number of amides is 1. The molecule has 1 aliphatic rings. The van der Waals surface area contributed by atoms with E-state index in [2.05, 4.69) is 0 Å². The third-order valence-electron chi connectivity index (χ3n) is 0.945. The Morgan fingerprint density at radius 2 is 2.56 bits per heavy atom. The summed E-state index contributed by atoms with van der Waals surface area (Å²) < 4.78 is 5.98. The Morgan fingerprint density at radius 3 is 2.89 bits per heavy atom. The zero-order chi connectivity index (χ0) is 6.69. The largest absolute Gasteiger partial charge is 0.464 e. The first-order valence-electron chi connectivity index (χ1n) is 2.61. The molecule has 0 atom stereocenters. The van der Waals surface area contributed by atoms with Gasteiger partial charge in [0.1, 0.15) is 12.2 Å². The third kappa shape index (κ3) is 1.76. The monoisotopic (exact) mass is 149 g/mol. The van der Waals surface area contributed by atoms with Crippen LogP contribution in [0, 0.1) is 0 Å². The zero-order valence-corrected chi connectivity index (χ0v) is 5.56. The van der Waals surface area contributed by atoms with Crippen LogP contribution in [-0.4, -0.2) is 28.7 Å². The molecule has 0 saturated carbocycles. The number of carbonyl (C=O) groups is 1. The Balaban J connectivity index is 2.31. The maximum Gasteiger partial charge on any atom is 0.419 e. The smallest absolute Gasteiger partial charge is 0.419 e. The summed E-state index contributed by atoms with van der Waals surface area (Å²) in [5, 5.41) is 8.36. The minimum atomic E-state index is -0.931. The van der Waals surface area contributed by atoms with E-state index in [4.69, 9.17) is 9.29 Å². The molecule has 0 aromatic carbocycles. The Morgan fingerprint density at radius 1 is 1.78 bits per heavy atom. The molecule has 1 aliphatic heterocycles. The van der Waals surface area contributed by atoms with Gasteiger partial charge in [-0.2, -0.15) is 0 Å². The molecule has 1 fully saturated rings. The lowest BCUT2D eigenvalue weighted by Crippen LogP contribution is -2.27. The first kappa shape index (κ1) is 6.70. The van der Waals surface area contributed by atoms with Crippen LogP contribution in [0.15, 0.2) is 0 Å². The van der Waals surface area contributed by atoms with Crippen molar-refractivity contribution < 1.29 is 14.1 Å². The molecule has 5 heteroatoms. The normalized spacial score (nSPS) is 19.8. The van der Waals surface area contributed by atoms with Crippen molar-refractivity contribution in [1.82, 2.24) is 4.31 Å². The molecular weight excluding hydrogens is 142 g/mol. The number of hydrogen-bond donors (Lipinski definition) is 1. The van der Waals surface area contributed by atoms with Crippen LogP contribution in [0.2, 0.25) is 0 Å². The second kappa shape index (κ2) is 2.93. The van der Waals surface area contributed by atoms with Crippen LogP contribution >= 0.6 is 12.2 Å². The van der Waals surface area contributed by atoms with Gasteiger partial charge in [0.25, 0.3) is 0 Å². The van der Waals surface area contributed by atoms with Crippen LogP contribution in [0.5, 0.6) is 0 Å². The first-order chi connectivity index (χ1) is 4.30. The standard InChI is InChI=1S/C4H7NO3S/c6-4(7)5-2-1-3-8-9-5/h1-3H2,(H,6,7). The summed E-state index contributed by atoms with van der Waals surface area (Å²) in [6.07, 6.45) is -0.140. The van der Waals surface area contributed by atoms with E-state index in [0.717, 1.165) is 18.6 Å². The van der Waals surface area contributed by atoms with Crippen LogP contribution < -0.4 is 0 Å². The molecule has 1 amide bonds. The van der Waals surface area contributed by atoms with Crippen LogP contribution in [0.4, 0.5) is 4.79 Å². The molecule has 52 valence electrons. The van der Waals surface area contributed by atoms with E-state index in [-0.39, 0.29) is 0 Å². The molecule has 1 saturated heterocycles. The Bertz CT molecular complexity index is 112. The van der Waals surface area contributed by atoms with E-state index in [1.54, 1.807) is 0 Å². The number of hydrogen-bond acceptors (Lipinski definition) is 3. The Kier molecular flexibility index (Phi) is 2.18. The quantitative estimate of drug-likeness (QED) is 0.411. The van der Waals surface area contributed by atoms with Crippen molar-refractivity contribution in [2.24, 2.45) is 0 Å².